The van der Waals surface area contributed by atoms with Gasteiger partial charge in [0, 0.05) is 6.42 Å². The molecule has 0 bridgehead atoms. The Morgan fingerprint density at radius 1 is 0.812 bits per heavy atom. The quantitative estimate of drug-likeness (QED) is 0.419. The molecular formula is C14H27NO. The summed E-state index contributed by atoms with van der Waals surface area (Å²) in [6, 6.07) is 0. The molecule has 0 aromatic carbocycles. The Hall–Kier alpha value is -0.370. The molecule has 1 saturated heterocycles. The first kappa shape index (κ1) is 13.7. The van der Waals surface area contributed by atoms with Crippen LogP contribution in [0.15, 0.2) is 0 Å². The van der Waals surface area contributed by atoms with Gasteiger partial charge in [-0.1, -0.05) is 32.1 Å². The minimum absolute atomic E-state index is 0.759. The molecular weight excluding hydrogens is 198 g/mol. The SMILES string of the molecule is O=CCCCCCCCCCN1CCCC1. The molecule has 0 amide bonds. The summed E-state index contributed by atoms with van der Waals surface area (Å²) in [4.78, 5) is 12.7. The summed E-state index contributed by atoms with van der Waals surface area (Å²) in [5.41, 5.74) is 0. The molecule has 0 atom stereocenters. The van der Waals surface area contributed by atoms with Crippen LogP contribution in [0.5, 0.6) is 0 Å². The van der Waals surface area contributed by atoms with Gasteiger partial charge < -0.3 is 9.69 Å². The molecule has 1 aliphatic heterocycles. The zero-order valence-electron chi connectivity index (χ0n) is 10.6. The third-order valence-electron chi connectivity index (χ3n) is 3.50. The van der Waals surface area contributed by atoms with Crippen molar-refractivity contribution < 1.29 is 4.79 Å². The van der Waals surface area contributed by atoms with Crippen molar-refractivity contribution in [3.05, 3.63) is 0 Å². The van der Waals surface area contributed by atoms with Crippen LogP contribution in [0.4, 0.5) is 0 Å². The Bertz CT molecular complexity index is 164. The molecule has 0 spiro atoms. The van der Waals surface area contributed by atoms with Crippen molar-refractivity contribution in [3.63, 3.8) is 0 Å². The summed E-state index contributed by atoms with van der Waals surface area (Å²) in [7, 11) is 0. The van der Waals surface area contributed by atoms with Crippen LogP contribution < -0.4 is 0 Å². The van der Waals surface area contributed by atoms with Gasteiger partial charge in [-0.25, -0.2) is 0 Å². The number of rotatable bonds is 10. The average Bonchev–Trinajstić information content (AvgIpc) is 2.80. The minimum Gasteiger partial charge on any atom is -0.303 e. The van der Waals surface area contributed by atoms with Gasteiger partial charge in [-0.2, -0.15) is 0 Å². The molecule has 0 unspecified atom stereocenters. The molecule has 0 radical (unpaired) electrons. The third-order valence-corrected chi connectivity index (χ3v) is 3.50. The third kappa shape index (κ3) is 7.00. The lowest BCUT2D eigenvalue weighted by Gasteiger charge is -2.13. The summed E-state index contributed by atoms with van der Waals surface area (Å²) >= 11 is 0. The molecule has 2 heteroatoms. The number of aldehydes is 1. The molecule has 2 nitrogen and oxygen atoms in total. The van der Waals surface area contributed by atoms with Crippen LogP contribution in [0, 0.1) is 0 Å². The maximum Gasteiger partial charge on any atom is 0.119 e. The highest BCUT2D eigenvalue weighted by atomic mass is 16.1. The Morgan fingerprint density at radius 3 is 2.00 bits per heavy atom. The molecule has 16 heavy (non-hydrogen) atoms. The highest BCUT2D eigenvalue weighted by Gasteiger charge is 2.09. The number of nitrogens with zero attached hydrogens (tertiary/aromatic N) is 1. The van der Waals surface area contributed by atoms with E-state index in [1.165, 1.54) is 71.0 Å². The first-order valence-electron chi connectivity index (χ1n) is 7.09. The van der Waals surface area contributed by atoms with Crippen LogP contribution in [0.2, 0.25) is 0 Å². The number of likely N-dealkylation sites (tertiary alicyclic amines) is 1. The summed E-state index contributed by atoms with van der Waals surface area (Å²) in [6.07, 6.45) is 13.8. The zero-order valence-corrected chi connectivity index (χ0v) is 10.6. The van der Waals surface area contributed by atoms with Crippen LogP contribution in [-0.4, -0.2) is 30.8 Å². The summed E-state index contributed by atoms with van der Waals surface area (Å²) in [6.45, 7) is 4.00. The number of hydrogen-bond acceptors (Lipinski definition) is 2. The second-order valence-corrected chi connectivity index (χ2v) is 4.98. The van der Waals surface area contributed by atoms with Crippen molar-refractivity contribution in [2.24, 2.45) is 0 Å². The van der Waals surface area contributed by atoms with Gasteiger partial charge in [0.1, 0.15) is 6.29 Å². The van der Waals surface area contributed by atoms with E-state index in [9.17, 15) is 4.79 Å². The Morgan fingerprint density at radius 2 is 1.38 bits per heavy atom. The van der Waals surface area contributed by atoms with Crippen LogP contribution >= 0.6 is 0 Å². The summed E-state index contributed by atoms with van der Waals surface area (Å²) < 4.78 is 0. The molecule has 0 N–H and O–H groups in total. The number of carbonyl (C=O) groups is 1. The predicted octanol–water partition coefficient (Wildman–Crippen LogP) is 3.40. The van der Waals surface area contributed by atoms with Gasteiger partial charge in [0.25, 0.3) is 0 Å². The maximum absolute atomic E-state index is 10.1. The van der Waals surface area contributed by atoms with Crippen molar-refractivity contribution in [1.29, 1.82) is 0 Å². The lowest BCUT2D eigenvalue weighted by Crippen LogP contribution is -2.20. The fraction of sp³-hybridized carbons (Fsp3) is 0.929. The molecule has 1 aliphatic rings. The van der Waals surface area contributed by atoms with Gasteiger partial charge in [0.2, 0.25) is 0 Å². The summed E-state index contributed by atoms with van der Waals surface area (Å²) in [5, 5.41) is 0. The van der Waals surface area contributed by atoms with Gasteiger partial charge in [-0.05, 0) is 45.3 Å². The normalized spacial score (nSPS) is 16.8. The fourth-order valence-corrected chi connectivity index (χ4v) is 2.45. The Labute approximate surface area is 100 Å². The molecule has 0 aliphatic carbocycles. The number of unbranched alkanes of at least 4 members (excludes halogenated alkanes) is 7. The van der Waals surface area contributed by atoms with Gasteiger partial charge >= 0.3 is 0 Å². The van der Waals surface area contributed by atoms with Gasteiger partial charge in [-0.15, -0.1) is 0 Å². The topological polar surface area (TPSA) is 20.3 Å². The molecule has 0 saturated carbocycles. The monoisotopic (exact) mass is 225 g/mol. The van der Waals surface area contributed by atoms with Crippen molar-refractivity contribution in [3.8, 4) is 0 Å². The lowest BCUT2D eigenvalue weighted by molar-refractivity contribution is -0.107. The predicted molar refractivity (Wildman–Crippen MR) is 68.7 cm³/mol. The lowest BCUT2D eigenvalue weighted by atomic mass is 10.1. The van der Waals surface area contributed by atoms with Gasteiger partial charge in [0.05, 0.1) is 0 Å². The van der Waals surface area contributed by atoms with E-state index >= 15 is 0 Å². The van der Waals surface area contributed by atoms with E-state index in [1.807, 2.05) is 0 Å². The first-order chi connectivity index (χ1) is 7.93. The van der Waals surface area contributed by atoms with E-state index in [2.05, 4.69) is 4.90 Å². The highest BCUT2D eigenvalue weighted by Crippen LogP contribution is 2.11. The highest BCUT2D eigenvalue weighted by molar-refractivity contribution is 5.48. The van der Waals surface area contributed by atoms with E-state index in [-0.39, 0.29) is 0 Å². The van der Waals surface area contributed by atoms with E-state index in [0.29, 0.717) is 0 Å². The molecule has 0 aromatic rings. The van der Waals surface area contributed by atoms with E-state index in [4.69, 9.17) is 0 Å². The van der Waals surface area contributed by atoms with E-state index < -0.39 is 0 Å². The smallest absolute Gasteiger partial charge is 0.119 e. The Kier molecular flexibility index (Phi) is 8.41. The number of carbonyl (C=O) groups excluding carboxylic acids is 1. The van der Waals surface area contributed by atoms with Crippen molar-refractivity contribution in [1.82, 2.24) is 4.90 Å². The molecule has 94 valence electrons. The molecule has 1 fully saturated rings. The molecule has 0 aromatic heterocycles. The fourth-order valence-electron chi connectivity index (χ4n) is 2.45. The van der Waals surface area contributed by atoms with Crippen molar-refractivity contribution >= 4 is 6.29 Å². The van der Waals surface area contributed by atoms with Crippen molar-refractivity contribution in [2.45, 2.75) is 64.2 Å². The standard InChI is InChI=1S/C14H27NO/c16-14-10-6-4-2-1-3-5-7-11-15-12-8-9-13-15/h14H,1-13H2. The van der Waals surface area contributed by atoms with Crippen molar-refractivity contribution in [2.75, 3.05) is 19.6 Å². The maximum atomic E-state index is 10.1. The average molecular weight is 225 g/mol. The van der Waals surface area contributed by atoms with Gasteiger partial charge in [0.15, 0.2) is 0 Å². The number of hydrogen-bond donors (Lipinski definition) is 0. The van der Waals surface area contributed by atoms with Crippen LogP contribution in [-0.2, 0) is 4.79 Å². The first-order valence-corrected chi connectivity index (χ1v) is 7.09. The van der Waals surface area contributed by atoms with Crippen LogP contribution in [0.25, 0.3) is 0 Å². The van der Waals surface area contributed by atoms with Crippen LogP contribution in [0.3, 0.4) is 0 Å². The van der Waals surface area contributed by atoms with Crippen LogP contribution in [0.1, 0.15) is 64.2 Å². The minimum atomic E-state index is 0.759. The zero-order chi connectivity index (χ0) is 11.5. The molecule has 1 heterocycles. The largest absolute Gasteiger partial charge is 0.303 e. The second-order valence-electron chi connectivity index (χ2n) is 4.98. The summed E-state index contributed by atoms with van der Waals surface area (Å²) in [5.74, 6) is 0. The van der Waals surface area contributed by atoms with E-state index in [1.54, 1.807) is 0 Å². The second kappa shape index (κ2) is 9.83. The van der Waals surface area contributed by atoms with Gasteiger partial charge in [-0.3, -0.25) is 0 Å². The molecule has 1 rings (SSSR count). The Balaban J connectivity index is 1.72. The van der Waals surface area contributed by atoms with E-state index in [0.717, 1.165) is 19.1 Å².